The molecule has 0 bridgehead atoms. The maximum atomic E-state index is 12.3. The topological polar surface area (TPSA) is 108 Å². The Morgan fingerprint density at radius 1 is 1.25 bits per heavy atom. The molecule has 1 rings (SSSR count). The van der Waals surface area contributed by atoms with Gasteiger partial charge in [0.05, 0.1) is 6.61 Å². The molecule has 130 valence electrons. The Morgan fingerprint density at radius 3 is 2.46 bits per heavy atom. The van der Waals surface area contributed by atoms with Crippen LogP contribution in [-0.4, -0.2) is 37.5 Å². The number of ether oxygens (including phenoxy) is 2. The fourth-order valence-corrected chi connectivity index (χ4v) is 2.01. The van der Waals surface area contributed by atoms with E-state index in [1.165, 1.54) is 19.3 Å². The van der Waals surface area contributed by atoms with Crippen LogP contribution in [0.25, 0.3) is 0 Å². The third-order valence-corrected chi connectivity index (χ3v) is 3.15. The van der Waals surface area contributed by atoms with Gasteiger partial charge in [0, 0.05) is 13.2 Å². The zero-order valence-electron chi connectivity index (χ0n) is 13.7. The molecule has 0 saturated carbocycles. The number of nitrogens with one attached hydrogen (secondary N) is 1. The van der Waals surface area contributed by atoms with Gasteiger partial charge in [-0.3, -0.25) is 9.59 Å². The number of amides is 2. The number of hydrogen-bond donors (Lipinski definition) is 2. The molecule has 7 nitrogen and oxygen atoms in total. The number of rotatable bonds is 9. The first-order valence-electron chi connectivity index (χ1n) is 7.50. The molecular weight excluding hydrogens is 312 g/mol. The van der Waals surface area contributed by atoms with Crippen LogP contribution in [0.2, 0.25) is 0 Å². The minimum Gasteiger partial charge on any atom is -0.463 e. The van der Waals surface area contributed by atoms with Crippen molar-refractivity contribution in [2.75, 3.05) is 13.7 Å². The van der Waals surface area contributed by atoms with Crippen molar-refractivity contribution < 1.29 is 23.9 Å². The summed E-state index contributed by atoms with van der Waals surface area (Å²) in [5.74, 6) is -1.72. The van der Waals surface area contributed by atoms with Gasteiger partial charge in [-0.1, -0.05) is 36.4 Å². The lowest BCUT2D eigenvalue weighted by Gasteiger charge is -2.19. The molecule has 7 heteroatoms. The average molecular weight is 334 g/mol. The van der Waals surface area contributed by atoms with E-state index in [4.69, 9.17) is 15.2 Å². The van der Waals surface area contributed by atoms with Gasteiger partial charge in [-0.2, -0.15) is 0 Å². The van der Waals surface area contributed by atoms with E-state index in [1.54, 1.807) is 31.2 Å². The molecule has 1 aromatic rings. The van der Waals surface area contributed by atoms with Crippen molar-refractivity contribution >= 4 is 17.8 Å². The fourth-order valence-electron chi connectivity index (χ4n) is 2.01. The zero-order valence-corrected chi connectivity index (χ0v) is 13.7. The Hall–Kier alpha value is -2.67. The molecule has 0 spiro atoms. The van der Waals surface area contributed by atoms with E-state index in [0.717, 1.165) is 0 Å². The predicted molar refractivity (Wildman–Crippen MR) is 87.7 cm³/mol. The van der Waals surface area contributed by atoms with Gasteiger partial charge in [0.15, 0.2) is 6.10 Å². The van der Waals surface area contributed by atoms with Crippen molar-refractivity contribution in [3.8, 4) is 0 Å². The van der Waals surface area contributed by atoms with Gasteiger partial charge in [-0.05, 0) is 18.9 Å². The largest absolute Gasteiger partial charge is 0.463 e. The summed E-state index contributed by atoms with van der Waals surface area (Å²) in [6, 6.07) is 7.91. The van der Waals surface area contributed by atoms with Crippen molar-refractivity contribution in [2.45, 2.75) is 25.5 Å². The molecule has 0 aliphatic rings. The molecule has 3 N–H and O–H groups in total. The quantitative estimate of drug-likeness (QED) is 0.514. The van der Waals surface area contributed by atoms with Crippen molar-refractivity contribution in [3.05, 3.63) is 48.0 Å². The molecule has 0 heterocycles. The predicted octanol–water partition coefficient (Wildman–Crippen LogP) is 0.854. The molecule has 2 amide bonds. The third kappa shape index (κ3) is 6.21. The van der Waals surface area contributed by atoms with Gasteiger partial charge < -0.3 is 20.5 Å². The van der Waals surface area contributed by atoms with Crippen molar-refractivity contribution in [1.29, 1.82) is 0 Å². The van der Waals surface area contributed by atoms with E-state index in [2.05, 4.69) is 5.32 Å². The van der Waals surface area contributed by atoms with E-state index in [1.807, 2.05) is 6.07 Å². The Morgan fingerprint density at radius 2 is 1.92 bits per heavy atom. The summed E-state index contributed by atoms with van der Waals surface area (Å²) in [4.78, 5) is 35.1. The molecule has 0 unspecified atom stereocenters. The van der Waals surface area contributed by atoms with Gasteiger partial charge in [0.25, 0.3) is 5.91 Å². The van der Waals surface area contributed by atoms with E-state index in [0.29, 0.717) is 5.56 Å². The van der Waals surface area contributed by atoms with Gasteiger partial charge >= 0.3 is 5.97 Å². The van der Waals surface area contributed by atoms with Crippen LogP contribution in [0.5, 0.6) is 0 Å². The molecule has 0 aliphatic heterocycles. The Labute approximate surface area is 140 Å². The number of methoxy groups -OCH3 is 1. The average Bonchev–Trinajstić information content (AvgIpc) is 2.55. The van der Waals surface area contributed by atoms with Crippen LogP contribution in [0.1, 0.15) is 25.0 Å². The molecule has 0 aromatic heterocycles. The number of hydrogen-bond acceptors (Lipinski definition) is 5. The molecule has 0 radical (unpaired) electrons. The van der Waals surface area contributed by atoms with Crippen LogP contribution in [0.3, 0.4) is 0 Å². The molecule has 24 heavy (non-hydrogen) atoms. The second kappa shape index (κ2) is 10.2. The summed E-state index contributed by atoms with van der Waals surface area (Å²) < 4.78 is 9.93. The summed E-state index contributed by atoms with van der Waals surface area (Å²) in [6.07, 6.45) is 1.84. The Balaban J connectivity index is 2.71. The number of carbonyl (C=O) groups is 3. The van der Waals surface area contributed by atoms with Crippen molar-refractivity contribution in [1.82, 2.24) is 5.32 Å². The number of esters is 1. The molecule has 2 atom stereocenters. The highest BCUT2D eigenvalue weighted by Crippen LogP contribution is 2.16. The molecule has 0 fully saturated rings. The fraction of sp³-hybridized carbons (Fsp3) is 0.353. The summed E-state index contributed by atoms with van der Waals surface area (Å²) in [7, 11) is 1.40. The van der Waals surface area contributed by atoms with Crippen LogP contribution >= 0.6 is 0 Å². The van der Waals surface area contributed by atoms with Crippen LogP contribution in [0, 0.1) is 0 Å². The van der Waals surface area contributed by atoms with Crippen LogP contribution < -0.4 is 11.1 Å². The van der Waals surface area contributed by atoms with E-state index in [9.17, 15) is 14.4 Å². The maximum Gasteiger partial charge on any atom is 0.330 e. The minimum absolute atomic E-state index is 0.0745. The lowest BCUT2D eigenvalue weighted by Crippen LogP contribution is -2.46. The molecular formula is C17H22N2O5. The van der Waals surface area contributed by atoms with E-state index >= 15 is 0 Å². The maximum absolute atomic E-state index is 12.3. The number of nitrogens with two attached hydrogens (primary N) is 1. The molecule has 0 aliphatic carbocycles. The first-order valence-corrected chi connectivity index (χ1v) is 7.50. The van der Waals surface area contributed by atoms with Gasteiger partial charge in [0.2, 0.25) is 5.91 Å². The standard InChI is InChI=1S/C17H22N2O5/c1-3-24-14(20)11-7-10-13(16(18)21)19-17(22)15(23-2)12-8-5-4-6-9-12/h4-9,11,13,15H,3,10H2,1-2H3,(H2,18,21)(H,19,22)/b11-7+/t13-,15+/m1/s1. The van der Waals surface area contributed by atoms with E-state index in [-0.39, 0.29) is 13.0 Å². The van der Waals surface area contributed by atoms with Gasteiger partial charge in [0.1, 0.15) is 6.04 Å². The zero-order chi connectivity index (χ0) is 17.9. The molecule has 1 aromatic carbocycles. The summed E-state index contributed by atoms with van der Waals surface area (Å²) in [5.41, 5.74) is 5.95. The highest BCUT2D eigenvalue weighted by Gasteiger charge is 2.24. The van der Waals surface area contributed by atoms with Gasteiger partial charge in [-0.15, -0.1) is 0 Å². The highest BCUT2D eigenvalue weighted by atomic mass is 16.5. The smallest absolute Gasteiger partial charge is 0.330 e. The van der Waals surface area contributed by atoms with Crippen LogP contribution in [0.15, 0.2) is 42.5 Å². The number of carbonyl (C=O) groups excluding carboxylic acids is 3. The normalized spacial score (nSPS) is 13.2. The number of primary amides is 1. The van der Waals surface area contributed by atoms with E-state index < -0.39 is 29.9 Å². The minimum atomic E-state index is -0.954. The summed E-state index contributed by atoms with van der Waals surface area (Å²) >= 11 is 0. The highest BCUT2D eigenvalue weighted by molar-refractivity contribution is 5.89. The van der Waals surface area contributed by atoms with Crippen LogP contribution in [0.4, 0.5) is 0 Å². The third-order valence-electron chi connectivity index (χ3n) is 3.15. The lowest BCUT2D eigenvalue weighted by atomic mass is 10.1. The Bertz CT molecular complexity index is 586. The lowest BCUT2D eigenvalue weighted by molar-refractivity contribution is -0.137. The van der Waals surface area contributed by atoms with Crippen LogP contribution in [-0.2, 0) is 23.9 Å². The Kier molecular flexibility index (Phi) is 8.21. The summed E-state index contributed by atoms with van der Waals surface area (Å²) in [6.45, 7) is 1.94. The van der Waals surface area contributed by atoms with Crippen molar-refractivity contribution in [2.24, 2.45) is 5.73 Å². The second-order valence-electron chi connectivity index (χ2n) is 4.88. The second-order valence-corrected chi connectivity index (χ2v) is 4.88. The first-order chi connectivity index (χ1) is 11.5. The number of benzene rings is 1. The summed E-state index contributed by atoms with van der Waals surface area (Å²) in [5, 5.41) is 2.53. The van der Waals surface area contributed by atoms with Gasteiger partial charge in [-0.25, -0.2) is 4.79 Å². The van der Waals surface area contributed by atoms with Crippen molar-refractivity contribution in [3.63, 3.8) is 0 Å². The monoisotopic (exact) mass is 334 g/mol. The molecule has 0 saturated heterocycles. The SMILES string of the molecule is CCOC(=O)/C=C/C[C@@H](NC(=O)[C@@H](OC)c1ccccc1)C(N)=O. The first kappa shape index (κ1) is 19.4.